The largest absolute Gasteiger partial charge is 0.378 e. The Morgan fingerprint density at radius 1 is 1.36 bits per heavy atom. The minimum Gasteiger partial charge on any atom is -0.378 e. The number of ether oxygens (including phenoxy) is 1. The molecule has 2 N–H and O–H groups in total. The monoisotopic (exact) mass is 156 g/mol. The summed E-state index contributed by atoms with van der Waals surface area (Å²) in [5.41, 5.74) is 5.86. The maximum atomic E-state index is 5.86. The lowest BCUT2D eigenvalue weighted by atomic mass is 9.98. The van der Waals surface area contributed by atoms with Gasteiger partial charge in [-0.3, -0.25) is 4.90 Å². The normalized spacial score (nSPS) is 40.1. The predicted octanol–water partition coefficient (Wildman–Crippen LogP) is -0.192. The standard InChI is InChI=1S/C8H16N2O/c9-7-1-2-10-3-4-11-6-8(10)5-7/h7-8H,1-6,9H2. The number of nitrogens with two attached hydrogens (primary N) is 1. The number of piperidine rings is 1. The van der Waals surface area contributed by atoms with Crippen molar-refractivity contribution in [2.24, 2.45) is 5.73 Å². The Bertz CT molecular complexity index is 140. The first kappa shape index (κ1) is 7.53. The molecule has 2 rings (SSSR count). The van der Waals surface area contributed by atoms with Gasteiger partial charge in [-0.15, -0.1) is 0 Å². The molecule has 3 heteroatoms. The minimum atomic E-state index is 0.415. The van der Waals surface area contributed by atoms with Crippen LogP contribution in [0, 0.1) is 0 Å². The number of hydrogen-bond acceptors (Lipinski definition) is 3. The number of nitrogens with zero attached hydrogens (tertiary/aromatic N) is 1. The molecule has 0 aliphatic carbocycles. The summed E-state index contributed by atoms with van der Waals surface area (Å²) in [6.07, 6.45) is 2.29. The molecule has 0 aromatic heterocycles. The van der Waals surface area contributed by atoms with Crippen molar-refractivity contribution in [3.63, 3.8) is 0 Å². The van der Waals surface area contributed by atoms with Gasteiger partial charge in [-0.1, -0.05) is 0 Å². The molecule has 11 heavy (non-hydrogen) atoms. The summed E-state index contributed by atoms with van der Waals surface area (Å²) in [4.78, 5) is 2.51. The fourth-order valence-corrected chi connectivity index (χ4v) is 2.00. The zero-order valence-electron chi connectivity index (χ0n) is 6.83. The van der Waals surface area contributed by atoms with Gasteiger partial charge in [0.25, 0.3) is 0 Å². The van der Waals surface area contributed by atoms with Gasteiger partial charge >= 0.3 is 0 Å². The van der Waals surface area contributed by atoms with E-state index in [1.165, 1.54) is 6.54 Å². The molecule has 2 atom stereocenters. The predicted molar refractivity (Wildman–Crippen MR) is 43.4 cm³/mol. The highest BCUT2D eigenvalue weighted by atomic mass is 16.5. The Morgan fingerprint density at radius 3 is 3.18 bits per heavy atom. The third-order valence-corrected chi connectivity index (χ3v) is 2.71. The highest BCUT2D eigenvalue weighted by molar-refractivity contribution is 4.85. The molecule has 0 amide bonds. The summed E-state index contributed by atoms with van der Waals surface area (Å²) in [6, 6.07) is 1.03. The molecule has 2 heterocycles. The number of rotatable bonds is 0. The number of hydrogen-bond donors (Lipinski definition) is 1. The molecule has 0 aromatic rings. The molecule has 2 aliphatic rings. The molecule has 0 bridgehead atoms. The van der Waals surface area contributed by atoms with Crippen LogP contribution in [0.4, 0.5) is 0 Å². The van der Waals surface area contributed by atoms with Crippen LogP contribution in [0.5, 0.6) is 0 Å². The SMILES string of the molecule is NC1CCN2CCOCC2C1. The second kappa shape index (κ2) is 3.09. The van der Waals surface area contributed by atoms with Crippen molar-refractivity contribution in [3.05, 3.63) is 0 Å². The first-order valence-corrected chi connectivity index (χ1v) is 4.43. The van der Waals surface area contributed by atoms with Gasteiger partial charge in [-0.25, -0.2) is 0 Å². The lowest BCUT2D eigenvalue weighted by molar-refractivity contribution is -0.0268. The van der Waals surface area contributed by atoms with Gasteiger partial charge in [0.1, 0.15) is 0 Å². The first-order valence-electron chi connectivity index (χ1n) is 4.43. The topological polar surface area (TPSA) is 38.5 Å². The summed E-state index contributed by atoms with van der Waals surface area (Å²) in [5, 5.41) is 0. The van der Waals surface area contributed by atoms with Gasteiger partial charge in [-0.05, 0) is 12.8 Å². The summed E-state index contributed by atoms with van der Waals surface area (Å²) in [5.74, 6) is 0. The molecule has 0 aromatic carbocycles. The molecule has 0 radical (unpaired) electrons. The lowest BCUT2D eigenvalue weighted by Crippen LogP contribution is -2.52. The van der Waals surface area contributed by atoms with Crippen LogP contribution in [-0.2, 0) is 4.74 Å². The average Bonchev–Trinajstić information content (AvgIpc) is 2.04. The summed E-state index contributed by atoms with van der Waals surface area (Å²) in [7, 11) is 0. The molecule has 3 nitrogen and oxygen atoms in total. The number of morpholine rings is 1. The van der Waals surface area contributed by atoms with E-state index in [2.05, 4.69) is 4.90 Å². The second-order valence-corrected chi connectivity index (χ2v) is 3.55. The van der Waals surface area contributed by atoms with Crippen LogP contribution >= 0.6 is 0 Å². The molecule has 64 valence electrons. The molecule has 0 spiro atoms. The fraction of sp³-hybridized carbons (Fsp3) is 1.00. The van der Waals surface area contributed by atoms with Crippen molar-refractivity contribution in [3.8, 4) is 0 Å². The lowest BCUT2D eigenvalue weighted by Gasteiger charge is -2.41. The van der Waals surface area contributed by atoms with Crippen molar-refractivity contribution >= 4 is 0 Å². The van der Waals surface area contributed by atoms with E-state index in [1.54, 1.807) is 0 Å². The zero-order valence-corrected chi connectivity index (χ0v) is 6.83. The Balaban J connectivity index is 1.93. The van der Waals surface area contributed by atoms with Gasteiger partial charge in [-0.2, -0.15) is 0 Å². The Morgan fingerprint density at radius 2 is 2.27 bits per heavy atom. The smallest absolute Gasteiger partial charge is 0.0623 e. The van der Waals surface area contributed by atoms with E-state index in [0.717, 1.165) is 32.6 Å². The molecule has 0 saturated carbocycles. The van der Waals surface area contributed by atoms with E-state index in [0.29, 0.717) is 12.1 Å². The third kappa shape index (κ3) is 1.55. The molecule has 2 saturated heterocycles. The highest BCUT2D eigenvalue weighted by Crippen LogP contribution is 2.18. The van der Waals surface area contributed by atoms with Crippen molar-refractivity contribution in [2.45, 2.75) is 24.9 Å². The van der Waals surface area contributed by atoms with Crippen LogP contribution in [0.2, 0.25) is 0 Å². The van der Waals surface area contributed by atoms with Crippen LogP contribution in [0.15, 0.2) is 0 Å². The van der Waals surface area contributed by atoms with E-state index in [9.17, 15) is 0 Å². The Labute approximate surface area is 67.5 Å². The third-order valence-electron chi connectivity index (χ3n) is 2.71. The van der Waals surface area contributed by atoms with Crippen molar-refractivity contribution in [2.75, 3.05) is 26.3 Å². The van der Waals surface area contributed by atoms with Crippen LogP contribution in [-0.4, -0.2) is 43.3 Å². The molecular weight excluding hydrogens is 140 g/mol. The van der Waals surface area contributed by atoms with Gasteiger partial charge in [0.2, 0.25) is 0 Å². The summed E-state index contributed by atoms with van der Waals surface area (Å²) < 4.78 is 5.39. The van der Waals surface area contributed by atoms with Crippen molar-refractivity contribution in [1.82, 2.24) is 4.90 Å². The zero-order chi connectivity index (χ0) is 7.68. The van der Waals surface area contributed by atoms with Crippen molar-refractivity contribution < 1.29 is 4.74 Å². The van der Waals surface area contributed by atoms with E-state index in [1.807, 2.05) is 0 Å². The molecular formula is C8H16N2O. The van der Waals surface area contributed by atoms with Gasteiger partial charge in [0.05, 0.1) is 13.2 Å². The van der Waals surface area contributed by atoms with E-state index < -0.39 is 0 Å². The van der Waals surface area contributed by atoms with Gasteiger partial charge in [0, 0.05) is 25.2 Å². The molecule has 2 unspecified atom stereocenters. The summed E-state index contributed by atoms with van der Waals surface area (Å²) in [6.45, 7) is 4.09. The maximum absolute atomic E-state index is 5.86. The fourth-order valence-electron chi connectivity index (χ4n) is 2.00. The van der Waals surface area contributed by atoms with Crippen LogP contribution in [0.3, 0.4) is 0 Å². The van der Waals surface area contributed by atoms with Crippen LogP contribution in [0.25, 0.3) is 0 Å². The average molecular weight is 156 g/mol. The van der Waals surface area contributed by atoms with Crippen LogP contribution in [0.1, 0.15) is 12.8 Å². The summed E-state index contributed by atoms with van der Waals surface area (Å²) >= 11 is 0. The second-order valence-electron chi connectivity index (χ2n) is 3.55. The first-order chi connectivity index (χ1) is 5.36. The van der Waals surface area contributed by atoms with E-state index in [-0.39, 0.29) is 0 Å². The van der Waals surface area contributed by atoms with E-state index in [4.69, 9.17) is 10.5 Å². The maximum Gasteiger partial charge on any atom is 0.0623 e. The minimum absolute atomic E-state index is 0.415. The van der Waals surface area contributed by atoms with E-state index >= 15 is 0 Å². The molecule has 2 fully saturated rings. The van der Waals surface area contributed by atoms with Crippen molar-refractivity contribution in [1.29, 1.82) is 0 Å². The Hall–Kier alpha value is -0.120. The number of fused-ring (bicyclic) bond motifs is 1. The Kier molecular flexibility index (Phi) is 2.11. The molecule has 2 aliphatic heterocycles. The highest BCUT2D eigenvalue weighted by Gasteiger charge is 2.28. The van der Waals surface area contributed by atoms with Gasteiger partial charge < -0.3 is 10.5 Å². The quantitative estimate of drug-likeness (QED) is 0.528. The van der Waals surface area contributed by atoms with Gasteiger partial charge in [0.15, 0.2) is 0 Å². The van der Waals surface area contributed by atoms with Crippen LogP contribution < -0.4 is 5.73 Å².